The molecule has 2 aromatic heterocycles. The van der Waals surface area contributed by atoms with Crippen molar-refractivity contribution in [1.29, 1.82) is 0 Å². The Kier molecular flexibility index (Phi) is 2.91. The Bertz CT molecular complexity index is 1880. The van der Waals surface area contributed by atoms with Crippen LogP contribution in [0.2, 0.25) is 0 Å². The van der Waals surface area contributed by atoms with Gasteiger partial charge in [0.25, 0.3) is 0 Å². The summed E-state index contributed by atoms with van der Waals surface area (Å²) >= 11 is 0. The van der Waals surface area contributed by atoms with Crippen LogP contribution in [0.25, 0.3) is 71.6 Å². The van der Waals surface area contributed by atoms with Gasteiger partial charge in [-0.3, -0.25) is 0 Å². The lowest BCUT2D eigenvalue weighted by atomic mass is 9.91. The van der Waals surface area contributed by atoms with Gasteiger partial charge in [-0.25, -0.2) is 0 Å². The van der Waals surface area contributed by atoms with Gasteiger partial charge < -0.3 is 9.55 Å². The molecule has 0 radical (unpaired) electrons. The van der Waals surface area contributed by atoms with E-state index in [2.05, 4.69) is 113 Å². The summed E-state index contributed by atoms with van der Waals surface area (Å²) in [6.45, 7) is 0. The lowest BCUT2D eigenvalue weighted by Crippen LogP contribution is -1.95. The topological polar surface area (TPSA) is 20.7 Å². The third-order valence-electron chi connectivity index (χ3n) is 7.06. The molecule has 0 spiro atoms. The largest absolute Gasteiger partial charge is 0.354 e. The SMILES string of the molecule is c1ccc2c(c1)-c1ccccc1-n1c3ccccc3c3cc4[nH]c5ccccc5c4c-2c31. The van der Waals surface area contributed by atoms with Gasteiger partial charge in [0, 0.05) is 43.7 Å². The highest BCUT2D eigenvalue weighted by molar-refractivity contribution is 6.27. The Labute approximate surface area is 184 Å². The molecule has 148 valence electrons. The first-order chi connectivity index (χ1) is 15.9. The van der Waals surface area contributed by atoms with E-state index in [9.17, 15) is 0 Å². The number of hydrogen-bond donors (Lipinski definition) is 1. The van der Waals surface area contributed by atoms with Crippen LogP contribution in [0.3, 0.4) is 0 Å². The minimum Gasteiger partial charge on any atom is -0.354 e. The third-order valence-corrected chi connectivity index (χ3v) is 7.06. The minimum absolute atomic E-state index is 1.18. The second-order valence-electron chi connectivity index (χ2n) is 8.66. The van der Waals surface area contributed by atoms with Crippen LogP contribution in [-0.2, 0) is 0 Å². The van der Waals surface area contributed by atoms with Gasteiger partial charge in [0.15, 0.2) is 0 Å². The molecule has 0 aliphatic carbocycles. The molecule has 0 bridgehead atoms. The van der Waals surface area contributed by atoms with E-state index in [1.807, 2.05) is 0 Å². The van der Waals surface area contributed by atoms with E-state index < -0.39 is 0 Å². The van der Waals surface area contributed by atoms with E-state index in [0.717, 1.165) is 0 Å². The highest BCUT2D eigenvalue weighted by Crippen LogP contribution is 2.50. The van der Waals surface area contributed by atoms with Crippen LogP contribution in [0.1, 0.15) is 0 Å². The number of H-pyrrole nitrogens is 1. The van der Waals surface area contributed by atoms with Gasteiger partial charge in [0.2, 0.25) is 0 Å². The van der Waals surface area contributed by atoms with Crippen LogP contribution in [0, 0.1) is 0 Å². The second-order valence-corrected chi connectivity index (χ2v) is 8.66. The van der Waals surface area contributed by atoms with Crippen molar-refractivity contribution in [3.63, 3.8) is 0 Å². The lowest BCUT2D eigenvalue weighted by Gasteiger charge is -2.12. The number of aromatic amines is 1. The number of para-hydroxylation sites is 3. The predicted molar refractivity (Wildman–Crippen MR) is 135 cm³/mol. The monoisotopic (exact) mass is 406 g/mol. The first kappa shape index (κ1) is 16.4. The second kappa shape index (κ2) is 5.68. The van der Waals surface area contributed by atoms with Crippen molar-refractivity contribution in [3.8, 4) is 27.9 Å². The number of benzene rings is 5. The maximum Gasteiger partial charge on any atom is 0.0627 e. The summed E-state index contributed by atoms with van der Waals surface area (Å²) in [5.74, 6) is 0. The zero-order valence-corrected chi connectivity index (χ0v) is 17.3. The molecule has 2 heteroatoms. The molecule has 0 fully saturated rings. The Balaban J connectivity index is 1.78. The molecule has 32 heavy (non-hydrogen) atoms. The maximum atomic E-state index is 3.71. The predicted octanol–water partition coefficient (Wildman–Crippen LogP) is 8.07. The van der Waals surface area contributed by atoms with E-state index in [-0.39, 0.29) is 0 Å². The molecular formula is C30H18N2. The fraction of sp³-hybridized carbons (Fsp3) is 0. The first-order valence-corrected chi connectivity index (χ1v) is 11.1. The number of rotatable bonds is 0. The molecule has 5 aromatic carbocycles. The molecule has 2 nitrogen and oxygen atoms in total. The van der Waals surface area contributed by atoms with Crippen LogP contribution < -0.4 is 0 Å². The van der Waals surface area contributed by atoms with Gasteiger partial charge in [-0.05, 0) is 35.4 Å². The van der Waals surface area contributed by atoms with E-state index >= 15 is 0 Å². The van der Waals surface area contributed by atoms with E-state index in [4.69, 9.17) is 0 Å². The summed E-state index contributed by atoms with van der Waals surface area (Å²) in [4.78, 5) is 3.71. The third kappa shape index (κ3) is 1.86. The van der Waals surface area contributed by atoms with Crippen LogP contribution in [-0.4, -0.2) is 9.55 Å². The van der Waals surface area contributed by atoms with E-state index in [1.54, 1.807) is 0 Å². The van der Waals surface area contributed by atoms with Crippen molar-refractivity contribution in [3.05, 3.63) is 103 Å². The number of nitrogens with one attached hydrogen (secondary N) is 1. The Morgan fingerprint density at radius 1 is 0.531 bits per heavy atom. The molecule has 0 atom stereocenters. The van der Waals surface area contributed by atoms with E-state index in [0.29, 0.717) is 0 Å². The average Bonchev–Trinajstić information content (AvgIpc) is 3.34. The van der Waals surface area contributed by atoms with Crippen molar-refractivity contribution in [2.75, 3.05) is 0 Å². The molecule has 3 heterocycles. The molecule has 1 N–H and O–H groups in total. The smallest absolute Gasteiger partial charge is 0.0627 e. The van der Waals surface area contributed by atoms with Gasteiger partial charge in [-0.2, -0.15) is 0 Å². The molecule has 1 aliphatic heterocycles. The van der Waals surface area contributed by atoms with Crippen LogP contribution in [0.15, 0.2) is 103 Å². The molecular weight excluding hydrogens is 388 g/mol. The molecule has 0 saturated carbocycles. The summed E-state index contributed by atoms with van der Waals surface area (Å²) in [7, 11) is 0. The zero-order chi connectivity index (χ0) is 20.8. The Morgan fingerprint density at radius 3 is 2.12 bits per heavy atom. The number of nitrogens with zero attached hydrogens (tertiary/aromatic N) is 1. The Hall–Kier alpha value is -4.30. The van der Waals surface area contributed by atoms with Crippen molar-refractivity contribution in [2.45, 2.75) is 0 Å². The van der Waals surface area contributed by atoms with Crippen molar-refractivity contribution >= 4 is 43.6 Å². The van der Waals surface area contributed by atoms with Crippen molar-refractivity contribution in [1.82, 2.24) is 9.55 Å². The summed E-state index contributed by atoms with van der Waals surface area (Å²) in [5, 5.41) is 5.16. The maximum absolute atomic E-state index is 3.71. The fourth-order valence-electron chi connectivity index (χ4n) is 5.81. The number of aromatic nitrogens is 2. The highest BCUT2D eigenvalue weighted by Gasteiger charge is 2.26. The van der Waals surface area contributed by atoms with Gasteiger partial charge >= 0.3 is 0 Å². The standard InChI is InChI=1S/C30H18N2/c1-2-12-21-18(9-1)19-10-4-7-15-26(19)32-27-16-8-5-11-20(27)23-17-25-28(29(21)30(23)32)22-13-3-6-14-24(22)31-25/h1-17,31H. The van der Waals surface area contributed by atoms with Crippen LogP contribution >= 0.6 is 0 Å². The summed E-state index contributed by atoms with van der Waals surface area (Å²) in [5.41, 5.74) is 11.3. The average molecular weight is 406 g/mol. The minimum atomic E-state index is 1.18. The van der Waals surface area contributed by atoms with Gasteiger partial charge in [0.05, 0.1) is 16.7 Å². The molecule has 0 amide bonds. The normalized spacial score (nSPS) is 12.4. The molecule has 8 rings (SSSR count). The number of fused-ring (bicyclic) bond motifs is 12. The summed E-state index contributed by atoms with van der Waals surface area (Å²) in [6.07, 6.45) is 0. The molecule has 0 saturated heterocycles. The van der Waals surface area contributed by atoms with Gasteiger partial charge in [-0.15, -0.1) is 0 Å². The molecule has 1 aliphatic rings. The van der Waals surface area contributed by atoms with Gasteiger partial charge in [0.1, 0.15) is 0 Å². The lowest BCUT2D eigenvalue weighted by molar-refractivity contribution is 1.19. The van der Waals surface area contributed by atoms with Crippen LogP contribution in [0.4, 0.5) is 0 Å². The summed E-state index contributed by atoms with van der Waals surface area (Å²) in [6, 6.07) is 37.5. The molecule has 0 unspecified atom stereocenters. The number of hydrogen-bond acceptors (Lipinski definition) is 0. The molecule has 7 aromatic rings. The van der Waals surface area contributed by atoms with Crippen molar-refractivity contribution in [2.24, 2.45) is 0 Å². The first-order valence-electron chi connectivity index (χ1n) is 11.1. The highest BCUT2D eigenvalue weighted by atomic mass is 15.0. The quantitative estimate of drug-likeness (QED) is 0.263. The Morgan fingerprint density at radius 2 is 1.22 bits per heavy atom. The van der Waals surface area contributed by atoms with Gasteiger partial charge in [-0.1, -0.05) is 78.9 Å². The van der Waals surface area contributed by atoms with Crippen LogP contribution in [0.5, 0.6) is 0 Å². The fourth-order valence-corrected chi connectivity index (χ4v) is 5.81. The zero-order valence-electron chi connectivity index (χ0n) is 17.3. The summed E-state index contributed by atoms with van der Waals surface area (Å²) < 4.78 is 2.48. The van der Waals surface area contributed by atoms with Crippen molar-refractivity contribution < 1.29 is 0 Å². The van der Waals surface area contributed by atoms with E-state index in [1.165, 1.54) is 71.6 Å².